The number of benzene rings is 2. The van der Waals surface area contributed by atoms with Gasteiger partial charge in [-0.25, -0.2) is 12.8 Å². The van der Waals surface area contributed by atoms with Crippen LogP contribution in [-0.2, 0) is 14.8 Å². The van der Waals surface area contributed by atoms with Crippen LogP contribution in [0.2, 0.25) is 0 Å². The van der Waals surface area contributed by atoms with Gasteiger partial charge in [0.25, 0.3) is 11.6 Å². The number of halogens is 1. The minimum atomic E-state index is -3.92. The molecule has 1 aliphatic carbocycles. The molecule has 0 bridgehead atoms. The molecule has 0 unspecified atom stereocenters. The first-order valence-corrected chi connectivity index (χ1v) is 13.7. The van der Waals surface area contributed by atoms with Gasteiger partial charge in [0, 0.05) is 42.9 Å². The van der Waals surface area contributed by atoms with Gasteiger partial charge in [0.1, 0.15) is 5.82 Å². The summed E-state index contributed by atoms with van der Waals surface area (Å²) < 4.78 is 40.7. The van der Waals surface area contributed by atoms with E-state index in [-0.39, 0.29) is 47.6 Å². The maximum absolute atomic E-state index is 13.2. The van der Waals surface area contributed by atoms with E-state index < -0.39 is 26.7 Å². The summed E-state index contributed by atoms with van der Waals surface area (Å²) in [5.74, 6) is -1.60. The Hall–Kier alpha value is -3.38. The van der Waals surface area contributed by atoms with Crippen LogP contribution in [0.5, 0.6) is 0 Å². The first-order valence-electron chi connectivity index (χ1n) is 12.3. The molecule has 12 heteroatoms. The monoisotopic (exact) mass is 532 g/mol. The average Bonchev–Trinajstić information content (AvgIpc) is 2.90. The van der Waals surface area contributed by atoms with E-state index >= 15 is 0 Å². The average molecular weight is 533 g/mol. The van der Waals surface area contributed by atoms with Crippen molar-refractivity contribution in [2.75, 3.05) is 13.1 Å². The highest BCUT2D eigenvalue weighted by Crippen LogP contribution is 2.26. The zero-order valence-electron chi connectivity index (χ0n) is 20.1. The van der Waals surface area contributed by atoms with Crippen LogP contribution in [0.1, 0.15) is 48.9 Å². The molecule has 1 saturated carbocycles. The molecule has 0 spiro atoms. The Balaban J connectivity index is 1.39. The maximum Gasteiger partial charge on any atom is 0.269 e. The van der Waals surface area contributed by atoms with E-state index in [4.69, 9.17) is 0 Å². The van der Waals surface area contributed by atoms with E-state index in [0.717, 1.165) is 25.0 Å². The molecular formula is C25H29FN4O6S. The maximum atomic E-state index is 13.2. The third-order valence-corrected chi connectivity index (χ3v) is 8.84. The largest absolute Gasteiger partial charge is 0.351 e. The number of piperidine rings is 1. The molecule has 1 saturated heterocycles. The third kappa shape index (κ3) is 6.31. The van der Waals surface area contributed by atoms with Crippen LogP contribution in [0.4, 0.5) is 10.1 Å². The van der Waals surface area contributed by atoms with Crippen molar-refractivity contribution < 1.29 is 27.3 Å². The normalized spacial score (nSPS) is 22.7. The zero-order valence-corrected chi connectivity index (χ0v) is 21.0. The van der Waals surface area contributed by atoms with Crippen LogP contribution >= 0.6 is 0 Å². The quantitative estimate of drug-likeness (QED) is 0.415. The number of carbonyl (C=O) groups is 2. The lowest BCUT2D eigenvalue weighted by molar-refractivity contribution is -0.384. The molecule has 2 aromatic rings. The lowest BCUT2D eigenvalue weighted by Gasteiger charge is -2.36. The Morgan fingerprint density at radius 3 is 2.16 bits per heavy atom. The van der Waals surface area contributed by atoms with Gasteiger partial charge in [0.2, 0.25) is 15.9 Å². The molecule has 1 aliphatic heterocycles. The molecule has 4 rings (SSSR count). The molecule has 0 radical (unpaired) electrons. The van der Waals surface area contributed by atoms with Gasteiger partial charge < -0.3 is 10.6 Å². The second kappa shape index (κ2) is 11.3. The Morgan fingerprint density at radius 1 is 0.919 bits per heavy atom. The minimum Gasteiger partial charge on any atom is -0.351 e. The van der Waals surface area contributed by atoms with Gasteiger partial charge in [-0.15, -0.1) is 0 Å². The highest BCUT2D eigenvalue weighted by Gasteiger charge is 2.36. The van der Waals surface area contributed by atoms with E-state index in [0.29, 0.717) is 31.2 Å². The second-order valence-electron chi connectivity index (χ2n) is 9.44. The van der Waals surface area contributed by atoms with Crippen molar-refractivity contribution in [1.82, 2.24) is 14.9 Å². The number of nitro groups is 1. The molecule has 0 aromatic heterocycles. The van der Waals surface area contributed by atoms with Crippen molar-refractivity contribution in [1.29, 1.82) is 0 Å². The van der Waals surface area contributed by atoms with Crippen molar-refractivity contribution in [2.24, 2.45) is 5.92 Å². The zero-order chi connectivity index (χ0) is 26.6. The van der Waals surface area contributed by atoms with E-state index in [1.165, 1.54) is 40.7 Å². The lowest BCUT2D eigenvalue weighted by atomic mass is 9.89. The number of carbonyl (C=O) groups excluding carboxylic acids is 2. The van der Waals surface area contributed by atoms with Crippen molar-refractivity contribution in [3.63, 3.8) is 0 Å². The summed E-state index contributed by atoms with van der Waals surface area (Å²) in [6, 6.07) is 9.34. The number of non-ortho nitro benzene ring substituents is 1. The molecule has 2 fully saturated rings. The number of nitrogens with zero attached hydrogens (tertiary/aromatic N) is 2. The third-order valence-electron chi connectivity index (χ3n) is 6.96. The number of amides is 2. The SMILES string of the molecule is O=C(N[C@@H]1CCCC[C@H]1NC(=O)[C@H]1CCCN(S(=O)(=O)c2ccc([N+](=O)[O-])cc2)C1)c1ccc(F)cc1. The first kappa shape index (κ1) is 26.7. The van der Waals surface area contributed by atoms with E-state index in [1.807, 2.05) is 0 Å². The highest BCUT2D eigenvalue weighted by molar-refractivity contribution is 7.89. The molecule has 10 nitrogen and oxygen atoms in total. The van der Waals surface area contributed by atoms with Crippen LogP contribution in [-0.4, -0.2) is 54.6 Å². The van der Waals surface area contributed by atoms with Crippen molar-refractivity contribution in [3.05, 3.63) is 70.0 Å². The number of nitrogens with one attached hydrogen (secondary N) is 2. The molecule has 1 heterocycles. The molecule has 2 N–H and O–H groups in total. The van der Waals surface area contributed by atoms with Crippen LogP contribution < -0.4 is 10.6 Å². The first-order chi connectivity index (χ1) is 17.6. The van der Waals surface area contributed by atoms with E-state index in [9.17, 15) is 32.5 Å². The fraction of sp³-hybridized carbons (Fsp3) is 0.440. The molecule has 198 valence electrons. The predicted octanol–water partition coefficient (Wildman–Crippen LogP) is 2.99. The van der Waals surface area contributed by atoms with Crippen molar-refractivity contribution >= 4 is 27.5 Å². The topological polar surface area (TPSA) is 139 Å². The van der Waals surface area contributed by atoms with Gasteiger partial charge in [-0.05, 0) is 62.1 Å². The number of nitro benzene ring substituents is 1. The fourth-order valence-corrected chi connectivity index (χ4v) is 6.42. The van der Waals surface area contributed by atoms with Gasteiger partial charge in [-0.1, -0.05) is 12.8 Å². The second-order valence-corrected chi connectivity index (χ2v) is 11.4. The standard InChI is InChI=1S/C25H29FN4O6S/c26-19-9-7-17(8-10-19)24(31)27-22-5-1-2-6-23(22)28-25(32)18-4-3-15-29(16-18)37(35,36)21-13-11-20(12-14-21)30(33)34/h7-14,18,22-23H,1-6,15-16H2,(H,27,31)(H,28,32)/t18-,22+,23+/m0/s1. The highest BCUT2D eigenvalue weighted by atomic mass is 32.2. The summed E-state index contributed by atoms with van der Waals surface area (Å²) >= 11 is 0. The summed E-state index contributed by atoms with van der Waals surface area (Å²) in [6.07, 6.45) is 4.17. The number of rotatable bonds is 7. The Kier molecular flexibility index (Phi) is 8.18. The molecule has 37 heavy (non-hydrogen) atoms. The van der Waals surface area contributed by atoms with Crippen LogP contribution in [0.15, 0.2) is 53.4 Å². The number of sulfonamides is 1. The molecule has 2 aromatic carbocycles. The Bertz CT molecular complexity index is 1250. The lowest BCUT2D eigenvalue weighted by Crippen LogP contribution is -2.55. The van der Waals surface area contributed by atoms with Crippen molar-refractivity contribution in [3.8, 4) is 0 Å². The van der Waals surface area contributed by atoms with Gasteiger partial charge in [0.05, 0.1) is 15.7 Å². The molecule has 2 aliphatic rings. The van der Waals surface area contributed by atoms with Gasteiger partial charge in [0.15, 0.2) is 0 Å². The fourth-order valence-electron chi connectivity index (χ4n) is 4.89. The van der Waals surface area contributed by atoms with Gasteiger partial charge >= 0.3 is 0 Å². The Labute approximate surface area is 214 Å². The van der Waals surface area contributed by atoms with Crippen LogP contribution in [0.25, 0.3) is 0 Å². The molecule has 2 amide bonds. The van der Waals surface area contributed by atoms with E-state index in [1.54, 1.807) is 0 Å². The summed E-state index contributed by atoms with van der Waals surface area (Å²) in [5, 5.41) is 16.9. The molecular weight excluding hydrogens is 503 g/mol. The number of hydrogen-bond acceptors (Lipinski definition) is 6. The van der Waals surface area contributed by atoms with Crippen molar-refractivity contribution in [2.45, 2.75) is 55.5 Å². The van der Waals surface area contributed by atoms with E-state index in [2.05, 4.69) is 10.6 Å². The summed E-state index contributed by atoms with van der Waals surface area (Å²) in [7, 11) is -3.92. The smallest absolute Gasteiger partial charge is 0.269 e. The van der Waals surface area contributed by atoms with Crippen LogP contribution in [0.3, 0.4) is 0 Å². The Morgan fingerprint density at radius 2 is 1.54 bits per heavy atom. The number of hydrogen-bond donors (Lipinski definition) is 2. The summed E-state index contributed by atoms with van der Waals surface area (Å²) in [4.78, 5) is 36.0. The summed E-state index contributed by atoms with van der Waals surface area (Å²) in [5.41, 5.74) is 0.125. The predicted molar refractivity (Wildman–Crippen MR) is 133 cm³/mol. The van der Waals surface area contributed by atoms with Gasteiger partial charge in [-0.2, -0.15) is 4.31 Å². The minimum absolute atomic E-state index is 0.00444. The van der Waals surface area contributed by atoms with Crippen LogP contribution in [0, 0.1) is 21.8 Å². The molecule has 3 atom stereocenters. The summed E-state index contributed by atoms with van der Waals surface area (Å²) in [6.45, 7) is 0.257. The van der Waals surface area contributed by atoms with Gasteiger partial charge in [-0.3, -0.25) is 19.7 Å².